The van der Waals surface area contributed by atoms with Gasteiger partial charge in [0.25, 0.3) is 0 Å². The van der Waals surface area contributed by atoms with Crippen LogP contribution in [0.15, 0.2) is 66.8 Å². The molecule has 112 valence electrons. The lowest BCUT2D eigenvalue weighted by Gasteiger charge is -2.35. The lowest BCUT2D eigenvalue weighted by molar-refractivity contribution is 0.263. The summed E-state index contributed by atoms with van der Waals surface area (Å²) in [5.41, 5.74) is 1.05. The maximum Gasteiger partial charge on any atom is 0.117 e. The van der Waals surface area contributed by atoms with Gasteiger partial charge < -0.3 is 0 Å². The fourth-order valence-corrected chi connectivity index (χ4v) is 3.43. The van der Waals surface area contributed by atoms with E-state index in [2.05, 4.69) is 90.8 Å². The number of fused-ring (bicyclic) bond motifs is 1. The molecule has 2 aromatic rings. The summed E-state index contributed by atoms with van der Waals surface area (Å²) in [4.78, 5) is 6.86. The predicted molar refractivity (Wildman–Crippen MR) is 97.1 cm³/mol. The number of aromatic nitrogens is 1. The summed E-state index contributed by atoms with van der Waals surface area (Å²) in [7, 11) is 4.23. The highest BCUT2D eigenvalue weighted by Gasteiger charge is 2.25. The Morgan fingerprint density at radius 2 is 2.05 bits per heavy atom. The largest absolute Gasteiger partial charge is 0.297 e. The fraction of sp³-hybridized carbons (Fsp3) is 0.211. The van der Waals surface area contributed by atoms with Gasteiger partial charge in [-0.1, -0.05) is 54.7 Å². The molecule has 0 N–H and O–H groups in total. The van der Waals surface area contributed by atoms with E-state index in [0.717, 1.165) is 16.9 Å². The summed E-state index contributed by atoms with van der Waals surface area (Å²) in [6, 6.07) is 8.25. The first-order chi connectivity index (χ1) is 10.7. The Kier molecular flexibility index (Phi) is 4.36. The molecule has 1 aromatic carbocycles. The molecule has 0 amide bonds. The van der Waals surface area contributed by atoms with Gasteiger partial charge in [-0.2, -0.15) is 0 Å². The second kappa shape index (κ2) is 6.42. The Morgan fingerprint density at radius 1 is 1.18 bits per heavy atom. The molecule has 1 unspecified atom stereocenters. The zero-order valence-electron chi connectivity index (χ0n) is 12.9. The lowest BCUT2D eigenvalue weighted by atomic mass is 9.89. The quantitative estimate of drug-likeness (QED) is 0.762. The van der Waals surface area contributed by atoms with Crippen molar-refractivity contribution in [3.63, 3.8) is 0 Å². The molecule has 0 fully saturated rings. The van der Waals surface area contributed by atoms with Gasteiger partial charge in [0.1, 0.15) is 5.01 Å². The minimum atomic E-state index is -0.0211. The summed E-state index contributed by atoms with van der Waals surface area (Å²) >= 11 is 1.72. The molecule has 0 radical (unpaired) electrons. The molecular formula is C19H20N2S. The normalized spacial score (nSPS) is 21.8. The molecule has 3 rings (SSSR count). The van der Waals surface area contributed by atoms with Crippen LogP contribution >= 0.6 is 11.3 Å². The SMILES string of the molecule is CN(C)C1(/C=C/C=C/c2nc3ccccc3s2)C=CC=CC1. The predicted octanol–water partition coefficient (Wildman–Crippen LogP) is 4.68. The van der Waals surface area contributed by atoms with Crippen molar-refractivity contribution in [2.24, 2.45) is 0 Å². The van der Waals surface area contributed by atoms with Gasteiger partial charge in [0.05, 0.1) is 15.8 Å². The van der Waals surface area contributed by atoms with E-state index in [1.54, 1.807) is 11.3 Å². The van der Waals surface area contributed by atoms with Crippen molar-refractivity contribution in [2.45, 2.75) is 12.0 Å². The van der Waals surface area contributed by atoms with Gasteiger partial charge in [-0.15, -0.1) is 11.3 Å². The summed E-state index contributed by atoms with van der Waals surface area (Å²) < 4.78 is 1.23. The maximum atomic E-state index is 4.61. The molecule has 1 aromatic heterocycles. The van der Waals surface area contributed by atoms with E-state index in [9.17, 15) is 0 Å². The van der Waals surface area contributed by atoms with Crippen molar-refractivity contribution < 1.29 is 0 Å². The third kappa shape index (κ3) is 3.11. The van der Waals surface area contributed by atoms with Crippen molar-refractivity contribution in [3.05, 3.63) is 71.8 Å². The Morgan fingerprint density at radius 3 is 2.77 bits per heavy atom. The first kappa shape index (κ1) is 14.9. The number of allylic oxidation sites excluding steroid dienone is 4. The van der Waals surface area contributed by atoms with Gasteiger partial charge in [0.15, 0.2) is 0 Å². The molecule has 1 aliphatic carbocycles. The van der Waals surface area contributed by atoms with Crippen LogP contribution in [0.2, 0.25) is 0 Å². The molecule has 2 nitrogen and oxygen atoms in total. The zero-order valence-corrected chi connectivity index (χ0v) is 13.8. The Balaban J connectivity index is 1.75. The summed E-state index contributed by atoms with van der Waals surface area (Å²) in [5.74, 6) is 0. The fourth-order valence-electron chi connectivity index (χ4n) is 2.55. The van der Waals surface area contributed by atoms with Crippen LogP contribution in [0.3, 0.4) is 0 Å². The van der Waals surface area contributed by atoms with Crippen LogP contribution in [-0.2, 0) is 0 Å². The number of likely N-dealkylation sites (N-methyl/N-ethyl adjacent to an activating group) is 1. The van der Waals surface area contributed by atoms with Gasteiger partial charge >= 0.3 is 0 Å². The first-order valence-corrected chi connectivity index (χ1v) is 8.25. The number of para-hydroxylation sites is 1. The standard InChI is InChI=1S/C19H20N2S/c1-21(2)19(13-7-3-8-14-19)15-9-6-12-18-20-16-10-4-5-11-17(16)22-18/h3-13,15H,14H2,1-2H3/b12-6+,15-9+. The number of rotatable bonds is 4. The van der Waals surface area contributed by atoms with Crippen molar-refractivity contribution in [1.82, 2.24) is 9.88 Å². The van der Waals surface area contributed by atoms with Crippen molar-refractivity contribution in [2.75, 3.05) is 14.1 Å². The maximum absolute atomic E-state index is 4.61. The topological polar surface area (TPSA) is 16.1 Å². The average Bonchev–Trinajstić information content (AvgIpc) is 2.95. The van der Waals surface area contributed by atoms with Crippen molar-refractivity contribution in [3.8, 4) is 0 Å². The second-order valence-electron chi connectivity index (χ2n) is 5.62. The summed E-state index contributed by atoms with van der Waals surface area (Å²) in [5, 5.41) is 1.05. The minimum Gasteiger partial charge on any atom is -0.297 e. The molecule has 22 heavy (non-hydrogen) atoms. The van der Waals surface area contributed by atoms with E-state index in [1.165, 1.54) is 4.70 Å². The van der Waals surface area contributed by atoms with Gasteiger partial charge in [-0.3, -0.25) is 4.90 Å². The van der Waals surface area contributed by atoms with E-state index >= 15 is 0 Å². The number of thiazole rings is 1. The first-order valence-electron chi connectivity index (χ1n) is 7.43. The molecule has 1 atom stereocenters. The Bertz CT molecular complexity index is 732. The molecule has 3 heteroatoms. The second-order valence-corrected chi connectivity index (χ2v) is 6.68. The van der Waals surface area contributed by atoms with E-state index in [1.807, 2.05) is 6.07 Å². The highest BCUT2D eigenvalue weighted by atomic mass is 32.1. The third-order valence-electron chi connectivity index (χ3n) is 3.95. The number of nitrogens with zero attached hydrogens (tertiary/aromatic N) is 2. The van der Waals surface area contributed by atoms with E-state index < -0.39 is 0 Å². The highest BCUT2D eigenvalue weighted by molar-refractivity contribution is 7.19. The summed E-state index contributed by atoms with van der Waals surface area (Å²) in [6.07, 6.45) is 18.2. The molecule has 0 aliphatic heterocycles. The molecule has 1 aliphatic rings. The summed E-state index contributed by atoms with van der Waals surface area (Å²) in [6.45, 7) is 0. The van der Waals surface area contributed by atoms with Crippen LogP contribution in [0.4, 0.5) is 0 Å². The number of hydrogen-bond acceptors (Lipinski definition) is 3. The van der Waals surface area contributed by atoms with Crippen molar-refractivity contribution in [1.29, 1.82) is 0 Å². The smallest absolute Gasteiger partial charge is 0.117 e. The average molecular weight is 308 g/mol. The van der Waals surface area contributed by atoms with Crippen LogP contribution < -0.4 is 0 Å². The minimum absolute atomic E-state index is 0.0211. The molecule has 0 saturated heterocycles. The molecule has 0 bridgehead atoms. The highest BCUT2D eigenvalue weighted by Crippen LogP contribution is 2.25. The van der Waals surface area contributed by atoms with E-state index in [4.69, 9.17) is 0 Å². The molecule has 0 spiro atoms. The molecule has 0 saturated carbocycles. The van der Waals surface area contributed by atoms with Crippen LogP contribution in [0, 0.1) is 0 Å². The van der Waals surface area contributed by atoms with Crippen LogP contribution in [0.25, 0.3) is 16.3 Å². The van der Waals surface area contributed by atoms with Gasteiger partial charge in [0, 0.05) is 0 Å². The van der Waals surface area contributed by atoms with Gasteiger partial charge in [-0.05, 0) is 38.7 Å². The Hall–Kier alpha value is -1.97. The van der Waals surface area contributed by atoms with E-state index in [0.29, 0.717) is 0 Å². The Labute approximate surface area is 135 Å². The zero-order chi connectivity index (χ0) is 15.4. The van der Waals surface area contributed by atoms with Crippen molar-refractivity contribution >= 4 is 27.6 Å². The number of benzene rings is 1. The van der Waals surface area contributed by atoms with E-state index in [-0.39, 0.29) is 5.54 Å². The van der Waals surface area contributed by atoms with Crippen LogP contribution in [-0.4, -0.2) is 29.5 Å². The van der Waals surface area contributed by atoms with Gasteiger partial charge in [-0.25, -0.2) is 4.98 Å². The molecule has 1 heterocycles. The van der Waals surface area contributed by atoms with Gasteiger partial charge in [0.2, 0.25) is 0 Å². The van der Waals surface area contributed by atoms with Crippen LogP contribution in [0.1, 0.15) is 11.4 Å². The third-order valence-corrected chi connectivity index (χ3v) is 4.96. The monoisotopic (exact) mass is 308 g/mol. The number of hydrogen-bond donors (Lipinski definition) is 0. The van der Waals surface area contributed by atoms with Crippen LogP contribution in [0.5, 0.6) is 0 Å². The lowest BCUT2D eigenvalue weighted by Crippen LogP contribution is -2.40. The molecular weight excluding hydrogens is 288 g/mol.